The van der Waals surface area contributed by atoms with E-state index in [0.717, 1.165) is 25.2 Å². The van der Waals surface area contributed by atoms with Crippen LogP contribution in [0, 0.1) is 17.0 Å². The van der Waals surface area contributed by atoms with E-state index < -0.39 is 0 Å². The van der Waals surface area contributed by atoms with Crippen LogP contribution >= 0.6 is 0 Å². The first kappa shape index (κ1) is 13.8. The molecule has 1 fully saturated rings. The van der Waals surface area contributed by atoms with Crippen LogP contribution in [0.25, 0.3) is 0 Å². The summed E-state index contributed by atoms with van der Waals surface area (Å²) in [6.07, 6.45) is 3.71. The van der Waals surface area contributed by atoms with Crippen LogP contribution in [0.15, 0.2) is 18.2 Å². The summed E-state index contributed by atoms with van der Waals surface area (Å²) in [5.41, 5.74) is 1.72. The van der Waals surface area contributed by atoms with Crippen molar-refractivity contribution in [3.63, 3.8) is 0 Å². The van der Waals surface area contributed by atoms with Gasteiger partial charge < -0.3 is 10.2 Å². The van der Waals surface area contributed by atoms with Crippen molar-refractivity contribution in [3.05, 3.63) is 33.9 Å². The van der Waals surface area contributed by atoms with Gasteiger partial charge in [0.2, 0.25) is 0 Å². The molecule has 0 aromatic heterocycles. The summed E-state index contributed by atoms with van der Waals surface area (Å²) in [5, 5.41) is 14.1. The van der Waals surface area contributed by atoms with Crippen molar-refractivity contribution in [2.45, 2.75) is 26.2 Å². The molecule has 0 amide bonds. The first-order valence-electron chi connectivity index (χ1n) is 6.88. The van der Waals surface area contributed by atoms with Crippen molar-refractivity contribution >= 4 is 11.4 Å². The lowest BCUT2D eigenvalue weighted by molar-refractivity contribution is -0.385. The minimum absolute atomic E-state index is 0.185. The van der Waals surface area contributed by atoms with Gasteiger partial charge in [-0.05, 0) is 51.9 Å². The second-order valence-corrected chi connectivity index (χ2v) is 5.09. The van der Waals surface area contributed by atoms with Crippen LogP contribution in [-0.2, 0) is 0 Å². The number of nitro groups is 1. The molecule has 0 bridgehead atoms. The third kappa shape index (κ3) is 3.92. The minimum atomic E-state index is -0.329. The summed E-state index contributed by atoms with van der Waals surface area (Å²) in [5.74, 6) is 0. The van der Waals surface area contributed by atoms with Gasteiger partial charge in [-0.1, -0.05) is 6.07 Å². The monoisotopic (exact) mass is 263 g/mol. The Kier molecular flexibility index (Phi) is 4.74. The summed E-state index contributed by atoms with van der Waals surface area (Å²) < 4.78 is 0. The van der Waals surface area contributed by atoms with E-state index in [-0.39, 0.29) is 10.6 Å². The zero-order valence-electron chi connectivity index (χ0n) is 11.4. The molecule has 1 aliphatic rings. The first-order valence-corrected chi connectivity index (χ1v) is 6.88. The Morgan fingerprint density at radius 1 is 1.37 bits per heavy atom. The van der Waals surface area contributed by atoms with Crippen LogP contribution in [0.4, 0.5) is 11.4 Å². The molecule has 5 nitrogen and oxygen atoms in total. The predicted molar refractivity (Wildman–Crippen MR) is 76.6 cm³/mol. The number of hydrogen-bond acceptors (Lipinski definition) is 4. The molecule has 0 spiro atoms. The summed E-state index contributed by atoms with van der Waals surface area (Å²) in [7, 11) is 0. The molecule has 1 N–H and O–H groups in total. The second kappa shape index (κ2) is 6.52. The average molecular weight is 263 g/mol. The van der Waals surface area contributed by atoms with Crippen molar-refractivity contribution in [2.75, 3.05) is 31.5 Å². The van der Waals surface area contributed by atoms with E-state index in [9.17, 15) is 10.1 Å². The van der Waals surface area contributed by atoms with Crippen molar-refractivity contribution in [1.82, 2.24) is 4.90 Å². The van der Waals surface area contributed by atoms with Crippen molar-refractivity contribution < 1.29 is 4.92 Å². The zero-order chi connectivity index (χ0) is 13.7. The minimum Gasteiger partial charge on any atom is -0.385 e. The SMILES string of the molecule is Cc1ccc(NCCCN2CCCC2)cc1[N+](=O)[O-]. The van der Waals surface area contributed by atoms with Crippen molar-refractivity contribution in [2.24, 2.45) is 0 Å². The highest BCUT2D eigenvalue weighted by molar-refractivity contribution is 5.54. The Morgan fingerprint density at radius 2 is 2.11 bits per heavy atom. The fraction of sp³-hybridized carbons (Fsp3) is 0.571. The van der Waals surface area contributed by atoms with Gasteiger partial charge in [0.05, 0.1) is 4.92 Å². The van der Waals surface area contributed by atoms with Gasteiger partial charge in [0, 0.05) is 23.9 Å². The van der Waals surface area contributed by atoms with E-state index in [2.05, 4.69) is 10.2 Å². The van der Waals surface area contributed by atoms with Gasteiger partial charge in [0.25, 0.3) is 5.69 Å². The smallest absolute Gasteiger partial charge is 0.274 e. The standard InChI is InChI=1S/C14H21N3O2/c1-12-5-6-13(11-14(12)17(18)19)15-7-4-10-16-8-2-3-9-16/h5-6,11,15H,2-4,7-10H2,1H3. The zero-order valence-corrected chi connectivity index (χ0v) is 11.4. The largest absolute Gasteiger partial charge is 0.385 e. The third-order valence-corrected chi connectivity index (χ3v) is 3.58. The van der Waals surface area contributed by atoms with Crippen LogP contribution in [0.2, 0.25) is 0 Å². The maximum absolute atomic E-state index is 10.8. The highest BCUT2D eigenvalue weighted by Crippen LogP contribution is 2.22. The highest BCUT2D eigenvalue weighted by Gasteiger charge is 2.12. The van der Waals surface area contributed by atoms with Gasteiger partial charge in [-0.25, -0.2) is 0 Å². The fourth-order valence-corrected chi connectivity index (χ4v) is 2.46. The molecule has 0 aliphatic carbocycles. The Hall–Kier alpha value is -1.62. The summed E-state index contributed by atoms with van der Waals surface area (Å²) in [6.45, 7) is 6.17. The number of nitrogens with zero attached hydrogens (tertiary/aromatic N) is 2. The number of nitro benzene ring substituents is 1. The molecule has 104 valence electrons. The van der Waals surface area contributed by atoms with E-state index in [1.54, 1.807) is 19.1 Å². The molecule has 0 unspecified atom stereocenters. The number of anilines is 1. The second-order valence-electron chi connectivity index (χ2n) is 5.09. The molecule has 1 heterocycles. The van der Waals surface area contributed by atoms with Crippen molar-refractivity contribution in [3.8, 4) is 0 Å². The molecule has 1 aromatic carbocycles. The number of rotatable bonds is 6. The fourth-order valence-electron chi connectivity index (χ4n) is 2.46. The molecule has 1 saturated heterocycles. The van der Waals surface area contributed by atoms with Gasteiger partial charge >= 0.3 is 0 Å². The van der Waals surface area contributed by atoms with Gasteiger partial charge in [-0.15, -0.1) is 0 Å². The lowest BCUT2D eigenvalue weighted by Gasteiger charge is -2.14. The average Bonchev–Trinajstić information content (AvgIpc) is 2.89. The topological polar surface area (TPSA) is 58.4 Å². The normalized spacial score (nSPS) is 15.6. The summed E-state index contributed by atoms with van der Waals surface area (Å²) in [4.78, 5) is 13.0. The van der Waals surface area contributed by atoms with E-state index in [1.807, 2.05) is 6.07 Å². The highest BCUT2D eigenvalue weighted by atomic mass is 16.6. The third-order valence-electron chi connectivity index (χ3n) is 3.58. The maximum atomic E-state index is 10.8. The quantitative estimate of drug-likeness (QED) is 0.487. The van der Waals surface area contributed by atoms with Crippen LogP contribution in [-0.4, -0.2) is 36.0 Å². The Morgan fingerprint density at radius 3 is 2.79 bits per heavy atom. The van der Waals surface area contributed by atoms with Crippen molar-refractivity contribution in [1.29, 1.82) is 0 Å². The lowest BCUT2D eigenvalue weighted by atomic mass is 10.2. The van der Waals surface area contributed by atoms with Gasteiger partial charge in [-0.2, -0.15) is 0 Å². The molecule has 19 heavy (non-hydrogen) atoms. The summed E-state index contributed by atoms with van der Waals surface area (Å²) in [6, 6.07) is 5.31. The van der Waals surface area contributed by atoms with Crippen LogP contribution in [0.1, 0.15) is 24.8 Å². The van der Waals surface area contributed by atoms with Gasteiger partial charge in [0.15, 0.2) is 0 Å². The molecular weight excluding hydrogens is 242 g/mol. The molecule has 0 radical (unpaired) electrons. The molecule has 0 saturated carbocycles. The Bertz CT molecular complexity index is 442. The van der Waals surface area contributed by atoms with E-state index in [1.165, 1.54) is 25.9 Å². The number of likely N-dealkylation sites (tertiary alicyclic amines) is 1. The molecule has 0 atom stereocenters. The summed E-state index contributed by atoms with van der Waals surface area (Å²) >= 11 is 0. The number of benzene rings is 1. The Balaban J connectivity index is 1.79. The molecule has 2 rings (SSSR count). The van der Waals surface area contributed by atoms with Crippen LogP contribution in [0.5, 0.6) is 0 Å². The van der Waals surface area contributed by atoms with E-state index >= 15 is 0 Å². The lowest BCUT2D eigenvalue weighted by Crippen LogP contribution is -2.22. The van der Waals surface area contributed by atoms with Gasteiger partial charge in [0.1, 0.15) is 0 Å². The molecule has 1 aliphatic heterocycles. The molecular formula is C14H21N3O2. The van der Waals surface area contributed by atoms with Crippen LogP contribution < -0.4 is 5.32 Å². The van der Waals surface area contributed by atoms with E-state index in [4.69, 9.17) is 0 Å². The van der Waals surface area contributed by atoms with Crippen LogP contribution in [0.3, 0.4) is 0 Å². The molecule has 5 heteroatoms. The number of aryl methyl sites for hydroxylation is 1. The Labute approximate surface area is 113 Å². The molecule has 1 aromatic rings. The number of nitrogens with one attached hydrogen (secondary N) is 1. The maximum Gasteiger partial charge on any atom is 0.274 e. The first-order chi connectivity index (χ1) is 9.16. The van der Waals surface area contributed by atoms with Gasteiger partial charge in [-0.3, -0.25) is 10.1 Å². The number of hydrogen-bond donors (Lipinski definition) is 1. The predicted octanol–water partition coefficient (Wildman–Crippen LogP) is 2.80. The van der Waals surface area contributed by atoms with E-state index in [0.29, 0.717) is 5.56 Å².